The van der Waals surface area contributed by atoms with Gasteiger partial charge >= 0.3 is 5.97 Å². The Balaban J connectivity index is 1.77. The van der Waals surface area contributed by atoms with Crippen LogP contribution in [0.3, 0.4) is 0 Å². The van der Waals surface area contributed by atoms with E-state index in [4.69, 9.17) is 5.11 Å². The second kappa shape index (κ2) is 3.98. The summed E-state index contributed by atoms with van der Waals surface area (Å²) in [7, 11) is 0. The van der Waals surface area contributed by atoms with Crippen LogP contribution in [0.5, 0.6) is 0 Å². The molecule has 2 aliphatic rings. The minimum Gasteiger partial charge on any atom is -0.480 e. The van der Waals surface area contributed by atoms with Crippen molar-refractivity contribution in [2.24, 2.45) is 0 Å². The summed E-state index contributed by atoms with van der Waals surface area (Å²) in [6.07, 6.45) is 4.52. The lowest BCUT2D eigenvalue weighted by Gasteiger charge is -2.20. The number of carbonyl (C=O) groups is 1. The summed E-state index contributed by atoms with van der Waals surface area (Å²) in [5, 5.41) is 17.2. The zero-order chi connectivity index (χ0) is 11.8. The van der Waals surface area contributed by atoms with Gasteiger partial charge in [-0.25, -0.2) is 0 Å². The Hall–Kier alpha value is -1.65. The molecule has 1 heterocycles. The summed E-state index contributed by atoms with van der Waals surface area (Å²) in [4.78, 5) is 12.6. The van der Waals surface area contributed by atoms with E-state index in [1.54, 1.807) is 0 Å². The maximum absolute atomic E-state index is 10.8. The van der Waals surface area contributed by atoms with Gasteiger partial charge < -0.3 is 10.0 Å². The average molecular weight is 233 g/mol. The summed E-state index contributed by atoms with van der Waals surface area (Å²) < 4.78 is 0. The number of aliphatic carboxylic acids is 1. The quantitative estimate of drug-likeness (QED) is 0.832. The molecule has 17 heavy (non-hydrogen) atoms. The largest absolute Gasteiger partial charge is 0.480 e. The monoisotopic (exact) mass is 233 g/mol. The lowest BCUT2D eigenvalue weighted by atomic mass is 10.3. The minimum absolute atomic E-state index is 0.0160. The summed E-state index contributed by atoms with van der Waals surface area (Å²) in [6.45, 7) is 0.0160. The highest BCUT2D eigenvalue weighted by molar-refractivity contribution is 5.73. The first-order valence-electron chi connectivity index (χ1n) is 6.06. The third-order valence-electron chi connectivity index (χ3n) is 3.25. The molecule has 0 spiro atoms. The van der Waals surface area contributed by atoms with Crippen LogP contribution >= 0.6 is 0 Å². The highest BCUT2D eigenvalue weighted by Crippen LogP contribution is 2.39. The molecule has 0 radical (unpaired) electrons. The van der Waals surface area contributed by atoms with E-state index in [1.165, 1.54) is 12.8 Å². The fourth-order valence-electron chi connectivity index (χ4n) is 2.01. The Bertz CT molecular complexity index is 424. The van der Waals surface area contributed by atoms with Crippen molar-refractivity contribution >= 4 is 11.8 Å². The summed E-state index contributed by atoms with van der Waals surface area (Å²) in [5.74, 6) is 0.467. The summed E-state index contributed by atoms with van der Waals surface area (Å²) >= 11 is 0. The molecular formula is C12H15N3O2. The normalized spacial score (nSPS) is 19.1. The van der Waals surface area contributed by atoms with Gasteiger partial charge in [-0.1, -0.05) is 0 Å². The lowest BCUT2D eigenvalue weighted by Crippen LogP contribution is -2.32. The molecule has 1 aromatic heterocycles. The second-order valence-electron chi connectivity index (χ2n) is 4.84. The SMILES string of the molecule is O=C(O)CN(c1ccc(C2CC2)nn1)C1CC1. The average Bonchev–Trinajstić information content (AvgIpc) is 3.18. The predicted molar refractivity (Wildman–Crippen MR) is 62.0 cm³/mol. The van der Waals surface area contributed by atoms with Crippen molar-refractivity contribution < 1.29 is 9.90 Å². The van der Waals surface area contributed by atoms with E-state index in [2.05, 4.69) is 10.2 Å². The smallest absolute Gasteiger partial charge is 0.323 e. The minimum atomic E-state index is -0.815. The van der Waals surface area contributed by atoms with Crippen LogP contribution in [0.15, 0.2) is 12.1 Å². The van der Waals surface area contributed by atoms with Gasteiger partial charge in [0.2, 0.25) is 0 Å². The van der Waals surface area contributed by atoms with Gasteiger partial charge in [-0.3, -0.25) is 4.79 Å². The fraction of sp³-hybridized carbons (Fsp3) is 0.583. The molecule has 1 aromatic rings. The third-order valence-corrected chi connectivity index (χ3v) is 3.25. The Morgan fingerprint density at radius 3 is 2.53 bits per heavy atom. The Morgan fingerprint density at radius 1 is 1.29 bits per heavy atom. The van der Waals surface area contributed by atoms with Crippen molar-refractivity contribution in [2.45, 2.75) is 37.6 Å². The van der Waals surface area contributed by atoms with Gasteiger partial charge in [0.05, 0.1) is 5.69 Å². The van der Waals surface area contributed by atoms with Crippen LogP contribution < -0.4 is 4.90 Å². The fourth-order valence-corrected chi connectivity index (χ4v) is 2.01. The Morgan fingerprint density at radius 2 is 2.06 bits per heavy atom. The van der Waals surface area contributed by atoms with Crippen LogP contribution in [0.4, 0.5) is 5.82 Å². The highest BCUT2D eigenvalue weighted by Gasteiger charge is 2.32. The Labute approximate surface area is 99.5 Å². The van der Waals surface area contributed by atoms with E-state index in [9.17, 15) is 4.79 Å². The maximum Gasteiger partial charge on any atom is 0.323 e. The van der Waals surface area contributed by atoms with Crippen molar-refractivity contribution in [1.82, 2.24) is 10.2 Å². The van der Waals surface area contributed by atoms with Crippen molar-refractivity contribution in [2.75, 3.05) is 11.4 Å². The van der Waals surface area contributed by atoms with Gasteiger partial charge in [0.25, 0.3) is 0 Å². The van der Waals surface area contributed by atoms with Gasteiger partial charge in [0.1, 0.15) is 6.54 Å². The molecule has 2 saturated carbocycles. The summed E-state index contributed by atoms with van der Waals surface area (Å²) in [5.41, 5.74) is 1.04. The van der Waals surface area contributed by atoms with Crippen LogP contribution in [-0.4, -0.2) is 33.9 Å². The van der Waals surface area contributed by atoms with E-state index in [0.29, 0.717) is 17.8 Å². The molecule has 0 unspecified atom stereocenters. The lowest BCUT2D eigenvalue weighted by molar-refractivity contribution is -0.135. The van der Waals surface area contributed by atoms with Crippen LogP contribution in [-0.2, 0) is 4.79 Å². The van der Waals surface area contributed by atoms with E-state index < -0.39 is 5.97 Å². The standard InChI is InChI=1S/C12H15N3O2/c16-12(17)7-15(9-3-4-9)11-6-5-10(13-14-11)8-1-2-8/h5-6,8-9H,1-4,7H2,(H,16,17). The van der Waals surface area contributed by atoms with Gasteiger partial charge in [0.15, 0.2) is 5.82 Å². The van der Waals surface area contributed by atoms with Crippen molar-refractivity contribution in [3.05, 3.63) is 17.8 Å². The molecule has 0 bridgehead atoms. The number of hydrogen-bond acceptors (Lipinski definition) is 4. The van der Waals surface area contributed by atoms with Gasteiger partial charge in [-0.2, -0.15) is 5.10 Å². The molecular weight excluding hydrogens is 218 g/mol. The number of anilines is 1. The summed E-state index contributed by atoms with van der Waals surface area (Å²) in [6, 6.07) is 4.23. The molecule has 3 rings (SSSR count). The van der Waals surface area contributed by atoms with Gasteiger partial charge in [-0.15, -0.1) is 5.10 Å². The zero-order valence-corrected chi connectivity index (χ0v) is 9.54. The van der Waals surface area contributed by atoms with Crippen LogP contribution in [0.2, 0.25) is 0 Å². The van der Waals surface area contributed by atoms with Crippen LogP contribution in [0.25, 0.3) is 0 Å². The number of carboxylic acid groups (broad SMARTS) is 1. The van der Waals surface area contributed by atoms with E-state index in [-0.39, 0.29) is 6.54 Å². The zero-order valence-electron chi connectivity index (χ0n) is 9.54. The first-order chi connectivity index (χ1) is 8.24. The molecule has 5 heteroatoms. The molecule has 0 aliphatic heterocycles. The molecule has 90 valence electrons. The van der Waals surface area contributed by atoms with E-state index in [0.717, 1.165) is 18.5 Å². The third kappa shape index (κ3) is 2.38. The first kappa shape index (κ1) is 10.5. The molecule has 0 saturated heterocycles. The molecule has 5 nitrogen and oxygen atoms in total. The van der Waals surface area contributed by atoms with E-state index >= 15 is 0 Å². The van der Waals surface area contributed by atoms with Crippen molar-refractivity contribution in [1.29, 1.82) is 0 Å². The van der Waals surface area contributed by atoms with Gasteiger partial charge in [-0.05, 0) is 37.8 Å². The van der Waals surface area contributed by atoms with Crippen molar-refractivity contribution in [3.8, 4) is 0 Å². The number of carboxylic acids is 1. The molecule has 0 aromatic carbocycles. The molecule has 2 fully saturated rings. The molecule has 1 N–H and O–H groups in total. The first-order valence-corrected chi connectivity index (χ1v) is 6.06. The molecule has 0 atom stereocenters. The number of nitrogens with zero attached hydrogens (tertiary/aromatic N) is 3. The van der Waals surface area contributed by atoms with Crippen LogP contribution in [0.1, 0.15) is 37.3 Å². The highest BCUT2D eigenvalue weighted by atomic mass is 16.4. The number of hydrogen-bond donors (Lipinski definition) is 1. The number of aromatic nitrogens is 2. The molecule has 0 amide bonds. The Kier molecular flexibility index (Phi) is 2.46. The van der Waals surface area contributed by atoms with Crippen molar-refractivity contribution in [3.63, 3.8) is 0 Å². The second-order valence-corrected chi connectivity index (χ2v) is 4.84. The topological polar surface area (TPSA) is 66.3 Å². The molecule has 2 aliphatic carbocycles. The van der Waals surface area contributed by atoms with Gasteiger partial charge in [0, 0.05) is 12.0 Å². The maximum atomic E-state index is 10.8. The van der Waals surface area contributed by atoms with Crippen LogP contribution in [0, 0.1) is 0 Å². The number of rotatable bonds is 5. The van der Waals surface area contributed by atoms with E-state index in [1.807, 2.05) is 17.0 Å². The predicted octanol–water partition coefficient (Wildman–Crippen LogP) is 1.41.